The predicted molar refractivity (Wildman–Crippen MR) is 58.9 cm³/mol. The van der Waals surface area contributed by atoms with Gasteiger partial charge in [-0.05, 0) is 35.9 Å². The number of nitrogens with zero attached hydrogens (tertiary/aromatic N) is 2. The fraction of sp³-hybridized carbons (Fsp3) is 0.0769. The number of hydrogen-bond acceptors (Lipinski definition) is 2. The first kappa shape index (κ1) is 11.2. The average molecular weight is 230 g/mol. The van der Waals surface area contributed by atoms with Gasteiger partial charge in [-0.25, -0.2) is 8.78 Å². The number of nitriles is 1. The van der Waals surface area contributed by atoms with Crippen LogP contribution in [0.5, 0.6) is 0 Å². The summed E-state index contributed by atoms with van der Waals surface area (Å²) >= 11 is 0. The molecule has 0 saturated heterocycles. The van der Waals surface area contributed by atoms with Crippen molar-refractivity contribution in [1.82, 2.24) is 4.98 Å². The molecule has 1 heterocycles. The molecule has 0 bridgehead atoms. The standard InChI is InChI=1S/C13H8F2N2/c14-11-3-1-10(2-4-11)13-12(15)7-9(5-6-16)8-17-13/h1-4,7-8H,5H2. The fourth-order valence-electron chi connectivity index (χ4n) is 1.49. The van der Waals surface area contributed by atoms with E-state index in [0.717, 1.165) is 0 Å². The summed E-state index contributed by atoms with van der Waals surface area (Å²) in [6.45, 7) is 0. The molecule has 4 heteroatoms. The van der Waals surface area contributed by atoms with E-state index >= 15 is 0 Å². The van der Waals surface area contributed by atoms with Crippen molar-refractivity contribution in [2.45, 2.75) is 6.42 Å². The Labute approximate surface area is 97.2 Å². The summed E-state index contributed by atoms with van der Waals surface area (Å²) in [5, 5.41) is 8.49. The van der Waals surface area contributed by atoms with Gasteiger partial charge in [0.15, 0.2) is 0 Å². The van der Waals surface area contributed by atoms with E-state index in [1.165, 1.54) is 36.5 Å². The van der Waals surface area contributed by atoms with Crippen LogP contribution in [0.2, 0.25) is 0 Å². The van der Waals surface area contributed by atoms with E-state index in [9.17, 15) is 8.78 Å². The van der Waals surface area contributed by atoms with E-state index in [-0.39, 0.29) is 17.9 Å². The molecule has 0 amide bonds. The highest BCUT2D eigenvalue weighted by Crippen LogP contribution is 2.21. The highest BCUT2D eigenvalue weighted by atomic mass is 19.1. The fourth-order valence-corrected chi connectivity index (χ4v) is 1.49. The number of benzene rings is 1. The van der Waals surface area contributed by atoms with Gasteiger partial charge in [0.05, 0.1) is 12.5 Å². The first-order chi connectivity index (χ1) is 8.20. The summed E-state index contributed by atoms with van der Waals surface area (Å²) < 4.78 is 26.4. The maximum Gasteiger partial charge on any atom is 0.149 e. The number of aromatic nitrogens is 1. The van der Waals surface area contributed by atoms with E-state index in [1.54, 1.807) is 0 Å². The Hall–Kier alpha value is -2.28. The molecule has 2 aromatic rings. The second-order valence-electron chi connectivity index (χ2n) is 3.52. The van der Waals surface area contributed by atoms with Crippen LogP contribution in [-0.2, 0) is 6.42 Å². The van der Waals surface area contributed by atoms with Crippen LogP contribution in [0, 0.1) is 23.0 Å². The van der Waals surface area contributed by atoms with Gasteiger partial charge in [-0.15, -0.1) is 0 Å². The molecule has 0 aliphatic rings. The van der Waals surface area contributed by atoms with E-state index in [0.29, 0.717) is 11.1 Å². The Morgan fingerprint density at radius 3 is 2.47 bits per heavy atom. The predicted octanol–water partition coefficient (Wildman–Crippen LogP) is 3.09. The van der Waals surface area contributed by atoms with Gasteiger partial charge in [-0.3, -0.25) is 4.98 Å². The van der Waals surface area contributed by atoms with Crippen LogP contribution in [0.25, 0.3) is 11.3 Å². The van der Waals surface area contributed by atoms with Crippen molar-refractivity contribution in [2.75, 3.05) is 0 Å². The maximum absolute atomic E-state index is 13.7. The molecular weight excluding hydrogens is 222 g/mol. The minimum atomic E-state index is -0.510. The SMILES string of the molecule is N#CCc1cnc(-c2ccc(F)cc2)c(F)c1. The molecule has 84 valence electrons. The molecular formula is C13H8F2N2. The number of hydrogen-bond donors (Lipinski definition) is 0. The topological polar surface area (TPSA) is 36.7 Å². The Bertz CT molecular complexity index is 571. The van der Waals surface area contributed by atoms with Crippen LogP contribution in [0.1, 0.15) is 5.56 Å². The zero-order valence-electron chi connectivity index (χ0n) is 8.82. The zero-order chi connectivity index (χ0) is 12.3. The van der Waals surface area contributed by atoms with Crippen molar-refractivity contribution < 1.29 is 8.78 Å². The Kier molecular flexibility index (Phi) is 3.10. The minimum Gasteiger partial charge on any atom is -0.253 e. The van der Waals surface area contributed by atoms with Crippen molar-refractivity contribution in [3.05, 3.63) is 53.7 Å². The average Bonchev–Trinajstić information content (AvgIpc) is 2.31. The quantitative estimate of drug-likeness (QED) is 0.794. The normalized spacial score (nSPS) is 9.94. The van der Waals surface area contributed by atoms with Gasteiger partial charge >= 0.3 is 0 Å². The lowest BCUT2D eigenvalue weighted by Crippen LogP contribution is -1.93. The Morgan fingerprint density at radius 1 is 1.18 bits per heavy atom. The summed E-state index contributed by atoms with van der Waals surface area (Å²) in [7, 11) is 0. The third-order valence-electron chi connectivity index (χ3n) is 2.30. The number of rotatable bonds is 2. The lowest BCUT2D eigenvalue weighted by Gasteiger charge is -2.03. The van der Waals surface area contributed by atoms with Crippen molar-refractivity contribution in [1.29, 1.82) is 5.26 Å². The largest absolute Gasteiger partial charge is 0.253 e. The van der Waals surface area contributed by atoms with Crippen molar-refractivity contribution >= 4 is 0 Å². The second kappa shape index (κ2) is 4.71. The highest BCUT2D eigenvalue weighted by Gasteiger charge is 2.07. The van der Waals surface area contributed by atoms with Crippen LogP contribution in [-0.4, -0.2) is 4.98 Å². The third kappa shape index (κ3) is 2.45. The molecule has 0 atom stereocenters. The van der Waals surface area contributed by atoms with Crippen LogP contribution in [0.15, 0.2) is 36.5 Å². The van der Waals surface area contributed by atoms with Crippen molar-refractivity contribution in [2.24, 2.45) is 0 Å². The third-order valence-corrected chi connectivity index (χ3v) is 2.30. The van der Waals surface area contributed by atoms with E-state index in [1.807, 2.05) is 6.07 Å². The van der Waals surface area contributed by atoms with E-state index in [4.69, 9.17) is 5.26 Å². The number of pyridine rings is 1. The molecule has 0 unspecified atom stereocenters. The lowest BCUT2D eigenvalue weighted by molar-refractivity contribution is 0.621. The molecule has 2 nitrogen and oxygen atoms in total. The summed E-state index contributed by atoms with van der Waals surface area (Å²) in [6, 6.07) is 8.62. The minimum absolute atomic E-state index is 0.119. The van der Waals surface area contributed by atoms with Crippen LogP contribution in [0.4, 0.5) is 8.78 Å². The molecule has 2 rings (SSSR count). The molecule has 0 aliphatic carbocycles. The van der Waals surface area contributed by atoms with Crippen molar-refractivity contribution in [3.63, 3.8) is 0 Å². The molecule has 1 aromatic heterocycles. The molecule has 1 aromatic carbocycles. The second-order valence-corrected chi connectivity index (χ2v) is 3.52. The summed E-state index contributed by atoms with van der Waals surface area (Å²) in [6.07, 6.45) is 1.57. The molecule has 0 aliphatic heterocycles. The zero-order valence-corrected chi connectivity index (χ0v) is 8.82. The van der Waals surface area contributed by atoms with Crippen LogP contribution in [0.3, 0.4) is 0 Å². The van der Waals surface area contributed by atoms with Gasteiger partial charge in [0.25, 0.3) is 0 Å². The molecule has 0 spiro atoms. The Balaban J connectivity index is 2.40. The van der Waals surface area contributed by atoms with Gasteiger partial charge in [0.1, 0.15) is 17.3 Å². The maximum atomic E-state index is 13.7. The van der Waals surface area contributed by atoms with Gasteiger partial charge in [-0.1, -0.05) is 0 Å². The molecule has 0 N–H and O–H groups in total. The molecule has 0 radical (unpaired) electrons. The smallest absolute Gasteiger partial charge is 0.149 e. The molecule has 0 fully saturated rings. The van der Waals surface area contributed by atoms with Gasteiger partial charge in [0, 0.05) is 11.8 Å². The number of halogens is 2. The first-order valence-corrected chi connectivity index (χ1v) is 4.98. The van der Waals surface area contributed by atoms with Crippen LogP contribution >= 0.6 is 0 Å². The lowest BCUT2D eigenvalue weighted by atomic mass is 10.1. The summed E-state index contributed by atoms with van der Waals surface area (Å²) in [4.78, 5) is 3.95. The van der Waals surface area contributed by atoms with Gasteiger partial charge in [-0.2, -0.15) is 5.26 Å². The Morgan fingerprint density at radius 2 is 1.88 bits per heavy atom. The van der Waals surface area contributed by atoms with E-state index in [2.05, 4.69) is 4.98 Å². The molecule has 0 saturated carbocycles. The van der Waals surface area contributed by atoms with E-state index < -0.39 is 5.82 Å². The molecule has 17 heavy (non-hydrogen) atoms. The van der Waals surface area contributed by atoms with Crippen molar-refractivity contribution in [3.8, 4) is 17.3 Å². The first-order valence-electron chi connectivity index (χ1n) is 4.98. The van der Waals surface area contributed by atoms with Gasteiger partial charge in [0.2, 0.25) is 0 Å². The highest BCUT2D eigenvalue weighted by molar-refractivity contribution is 5.59. The summed E-state index contributed by atoms with van der Waals surface area (Å²) in [5.74, 6) is -0.889. The van der Waals surface area contributed by atoms with Gasteiger partial charge < -0.3 is 0 Å². The monoisotopic (exact) mass is 230 g/mol. The summed E-state index contributed by atoms with van der Waals surface area (Å²) in [5.41, 5.74) is 1.19. The van der Waals surface area contributed by atoms with Crippen LogP contribution < -0.4 is 0 Å².